The van der Waals surface area contributed by atoms with Crippen molar-refractivity contribution in [2.45, 2.75) is 63.8 Å². The number of nitrogens with zero attached hydrogens (tertiary/aromatic N) is 4. The van der Waals surface area contributed by atoms with E-state index in [1.807, 2.05) is 23.6 Å². The molecule has 1 amide bonds. The molecule has 0 bridgehead atoms. The molecule has 0 saturated heterocycles. The number of fused-ring (bicyclic) bond motifs is 1. The van der Waals surface area contributed by atoms with Crippen molar-refractivity contribution in [3.63, 3.8) is 0 Å². The summed E-state index contributed by atoms with van der Waals surface area (Å²) in [6.45, 7) is 6.45. The first-order valence-corrected chi connectivity index (χ1v) is 14.1. The number of thiophene rings is 1. The van der Waals surface area contributed by atoms with Gasteiger partial charge in [0.1, 0.15) is 23.4 Å². The largest absolute Gasteiger partial charge is 0.484 e. The molecule has 0 radical (unpaired) electrons. The van der Waals surface area contributed by atoms with Crippen molar-refractivity contribution in [3.05, 3.63) is 63.3 Å². The fraction of sp³-hybridized carbons (Fsp3) is 0.385. The van der Waals surface area contributed by atoms with Gasteiger partial charge in [0.25, 0.3) is 0 Å². The molecule has 1 aliphatic rings. The SMILES string of the molecule is C=CCn1c(COc2cc(C)ccc2Cl)nnc1SCC(=O)Nc1sc2c(c1C#N)CCCCCC2. The number of allylic oxidation sites excluding steroid dienone is 1. The number of aromatic nitrogens is 3. The summed E-state index contributed by atoms with van der Waals surface area (Å²) >= 11 is 9.07. The number of carbonyl (C=O) groups is 1. The van der Waals surface area contributed by atoms with Crippen LogP contribution in [0.1, 0.15) is 53.1 Å². The second kappa shape index (κ2) is 12.4. The molecule has 1 aliphatic carbocycles. The van der Waals surface area contributed by atoms with E-state index in [1.54, 1.807) is 23.5 Å². The van der Waals surface area contributed by atoms with Gasteiger partial charge in [-0.2, -0.15) is 5.26 Å². The van der Waals surface area contributed by atoms with E-state index in [0.29, 0.717) is 38.9 Å². The first kappa shape index (κ1) is 26.3. The van der Waals surface area contributed by atoms with Crippen molar-refractivity contribution in [1.82, 2.24) is 14.8 Å². The molecule has 36 heavy (non-hydrogen) atoms. The number of aryl methyl sites for hydroxylation is 2. The molecule has 0 aliphatic heterocycles. The van der Waals surface area contributed by atoms with E-state index >= 15 is 0 Å². The molecule has 4 rings (SSSR count). The van der Waals surface area contributed by atoms with E-state index in [1.165, 1.54) is 29.5 Å². The Balaban J connectivity index is 1.41. The highest BCUT2D eigenvalue weighted by Crippen LogP contribution is 2.36. The van der Waals surface area contributed by atoms with E-state index < -0.39 is 0 Å². The van der Waals surface area contributed by atoms with E-state index in [-0.39, 0.29) is 18.3 Å². The van der Waals surface area contributed by atoms with Gasteiger partial charge in [-0.25, -0.2) is 0 Å². The van der Waals surface area contributed by atoms with Gasteiger partial charge in [0, 0.05) is 11.4 Å². The summed E-state index contributed by atoms with van der Waals surface area (Å²) in [5.41, 5.74) is 2.79. The maximum atomic E-state index is 12.8. The predicted molar refractivity (Wildman–Crippen MR) is 145 cm³/mol. The zero-order valence-corrected chi connectivity index (χ0v) is 22.6. The molecule has 10 heteroatoms. The van der Waals surface area contributed by atoms with Gasteiger partial charge < -0.3 is 10.1 Å². The Morgan fingerprint density at radius 2 is 2.14 bits per heavy atom. The lowest BCUT2D eigenvalue weighted by atomic mass is 9.97. The Morgan fingerprint density at radius 3 is 2.92 bits per heavy atom. The number of anilines is 1. The third kappa shape index (κ3) is 6.30. The number of hydrogen-bond acceptors (Lipinski definition) is 7. The first-order chi connectivity index (χ1) is 17.5. The fourth-order valence-electron chi connectivity index (χ4n) is 4.13. The van der Waals surface area contributed by atoms with Crippen LogP contribution in [-0.4, -0.2) is 26.4 Å². The van der Waals surface area contributed by atoms with E-state index in [0.717, 1.165) is 36.8 Å². The van der Waals surface area contributed by atoms with Crippen molar-refractivity contribution in [1.29, 1.82) is 5.26 Å². The molecule has 2 aromatic heterocycles. The Morgan fingerprint density at radius 1 is 1.33 bits per heavy atom. The monoisotopic (exact) mass is 541 g/mol. The van der Waals surface area contributed by atoms with Crippen LogP contribution in [0, 0.1) is 18.3 Å². The average Bonchev–Trinajstić information content (AvgIpc) is 3.38. The molecule has 0 fully saturated rings. The number of ether oxygens (including phenoxy) is 1. The van der Waals surface area contributed by atoms with Crippen molar-refractivity contribution in [3.8, 4) is 11.8 Å². The number of carbonyl (C=O) groups excluding carboxylic acids is 1. The first-order valence-electron chi connectivity index (χ1n) is 11.9. The minimum absolute atomic E-state index is 0.146. The van der Waals surface area contributed by atoms with Gasteiger partial charge in [0.05, 0.1) is 16.3 Å². The van der Waals surface area contributed by atoms with Gasteiger partial charge in [-0.1, -0.05) is 48.3 Å². The molecule has 0 atom stereocenters. The number of amides is 1. The van der Waals surface area contributed by atoms with E-state index in [9.17, 15) is 10.1 Å². The van der Waals surface area contributed by atoms with Crippen molar-refractivity contribution < 1.29 is 9.53 Å². The summed E-state index contributed by atoms with van der Waals surface area (Å²) in [6.07, 6.45) is 8.25. The van der Waals surface area contributed by atoms with Crippen molar-refractivity contribution in [2.24, 2.45) is 0 Å². The molecular weight excluding hydrogens is 514 g/mol. The summed E-state index contributed by atoms with van der Waals surface area (Å²) in [6, 6.07) is 7.91. The highest BCUT2D eigenvalue weighted by atomic mass is 35.5. The van der Waals surface area contributed by atoms with Gasteiger partial charge in [0.2, 0.25) is 5.91 Å². The topological polar surface area (TPSA) is 92.8 Å². The highest BCUT2D eigenvalue weighted by Gasteiger charge is 2.21. The second-order valence-electron chi connectivity index (χ2n) is 8.59. The Hall–Kier alpha value is -2.80. The molecule has 0 spiro atoms. The van der Waals surface area contributed by atoms with Crippen LogP contribution in [0.25, 0.3) is 0 Å². The number of rotatable bonds is 9. The summed E-state index contributed by atoms with van der Waals surface area (Å²) in [5.74, 6) is 1.16. The third-order valence-electron chi connectivity index (χ3n) is 5.92. The highest BCUT2D eigenvalue weighted by molar-refractivity contribution is 7.99. The minimum Gasteiger partial charge on any atom is -0.484 e. The molecule has 0 unspecified atom stereocenters. The van der Waals surface area contributed by atoms with Crippen LogP contribution in [0.4, 0.5) is 5.00 Å². The van der Waals surface area contributed by atoms with Crippen LogP contribution in [-0.2, 0) is 30.8 Å². The fourth-order valence-corrected chi connectivity index (χ4v) is 6.32. The van der Waals surface area contributed by atoms with Gasteiger partial charge >= 0.3 is 0 Å². The van der Waals surface area contributed by atoms with E-state index in [2.05, 4.69) is 28.2 Å². The Bertz CT molecular complexity index is 1290. The van der Waals surface area contributed by atoms with E-state index in [4.69, 9.17) is 16.3 Å². The number of hydrogen-bond donors (Lipinski definition) is 1. The predicted octanol–water partition coefficient (Wildman–Crippen LogP) is 6.33. The number of halogens is 1. The van der Waals surface area contributed by atoms with Gasteiger partial charge in [-0.3, -0.25) is 9.36 Å². The van der Waals surface area contributed by atoms with Crippen LogP contribution >= 0.6 is 34.7 Å². The quantitative estimate of drug-likeness (QED) is 0.251. The summed E-state index contributed by atoms with van der Waals surface area (Å²) in [7, 11) is 0. The summed E-state index contributed by atoms with van der Waals surface area (Å²) in [4.78, 5) is 14.0. The number of nitrogens with one attached hydrogen (secondary N) is 1. The van der Waals surface area contributed by atoms with Crippen molar-refractivity contribution in [2.75, 3.05) is 11.1 Å². The molecular formula is C26H28ClN5O2S2. The van der Waals surface area contributed by atoms with Crippen LogP contribution in [0.3, 0.4) is 0 Å². The standard InChI is InChI=1S/C26H28ClN5O2S2/c1-3-12-32-23(15-34-21-13-17(2)10-11-20(21)27)30-31-26(32)35-16-24(33)29-25-19(14-28)18-8-6-4-5-7-9-22(18)36-25/h3,10-11,13H,1,4-9,12,15-16H2,2H3,(H,29,33). The average molecular weight is 542 g/mol. The molecule has 1 aromatic carbocycles. The van der Waals surface area contributed by atoms with Crippen LogP contribution in [0.2, 0.25) is 5.02 Å². The van der Waals surface area contributed by atoms with Gasteiger partial charge in [0.15, 0.2) is 11.0 Å². The maximum Gasteiger partial charge on any atom is 0.235 e. The molecule has 188 valence electrons. The number of thioether (sulfide) groups is 1. The molecule has 1 N–H and O–H groups in total. The molecule has 2 heterocycles. The zero-order chi connectivity index (χ0) is 25.5. The lowest BCUT2D eigenvalue weighted by Crippen LogP contribution is -2.15. The van der Waals surface area contributed by atoms with Gasteiger partial charge in [-0.05, 0) is 55.9 Å². The second-order valence-corrected chi connectivity index (χ2v) is 11.0. The minimum atomic E-state index is -0.178. The lowest BCUT2D eigenvalue weighted by molar-refractivity contribution is -0.113. The van der Waals surface area contributed by atoms with Crippen LogP contribution < -0.4 is 10.1 Å². The number of benzene rings is 1. The summed E-state index contributed by atoms with van der Waals surface area (Å²) < 4.78 is 7.75. The molecule has 3 aromatic rings. The Labute approximate surface area is 224 Å². The van der Waals surface area contributed by atoms with Gasteiger partial charge in [-0.15, -0.1) is 28.1 Å². The van der Waals surface area contributed by atoms with Crippen molar-refractivity contribution >= 4 is 45.6 Å². The van der Waals surface area contributed by atoms with Crippen LogP contribution in [0.5, 0.6) is 5.75 Å². The maximum absolute atomic E-state index is 12.8. The number of nitriles is 1. The summed E-state index contributed by atoms with van der Waals surface area (Å²) in [5, 5.41) is 23.0. The normalized spacial score (nSPS) is 13.2. The third-order valence-corrected chi connectivity index (χ3v) is 8.40. The molecule has 0 saturated carbocycles. The van der Waals surface area contributed by atoms with Crippen LogP contribution in [0.15, 0.2) is 36.0 Å². The Kier molecular flexibility index (Phi) is 9.08. The lowest BCUT2D eigenvalue weighted by Gasteiger charge is -2.10. The zero-order valence-electron chi connectivity index (χ0n) is 20.2. The molecule has 7 nitrogen and oxygen atoms in total. The smallest absolute Gasteiger partial charge is 0.235 e.